The van der Waals surface area contributed by atoms with Gasteiger partial charge in [-0.25, -0.2) is 0 Å². The molecule has 1 unspecified atom stereocenters. The molecule has 0 aliphatic heterocycles. The number of ether oxygens (including phenoxy) is 1. The van der Waals surface area contributed by atoms with Crippen molar-refractivity contribution in [3.63, 3.8) is 0 Å². The summed E-state index contributed by atoms with van der Waals surface area (Å²) in [5.41, 5.74) is 0. The number of hydrogen-bond donors (Lipinski definition) is 0. The van der Waals surface area contributed by atoms with E-state index in [-0.39, 0.29) is 11.9 Å². The fourth-order valence-electron chi connectivity index (χ4n) is 1.44. The predicted octanol–water partition coefficient (Wildman–Crippen LogP) is 2.17. The van der Waals surface area contributed by atoms with Crippen LogP contribution in [0.2, 0.25) is 0 Å². The number of carbonyl (C=O) groups is 1. The van der Waals surface area contributed by atoms with Crippen molar-refractivity contribution in [2.24, 2.45) is 5.92 Å². The highest BCUT2D eigenvalue weighted by Gasteiger charge is 2.23. The van der Waals surface area contributed by atoms with E-state index in [9.17, 15) is 4.79 Å². The lowest BCUT2D eigenvalue weighted by atomic mass is 10.1. The first kappa shape index (κ1) is 9.72. The van der Waals surface area contributed by atoms with Gasteiger partial charge in [0.15, 0.2) is 5.78 Å². The first-order valence-corrected chi connectivity index (χ1v) is 4.83. The van der Waals surface area contributed by atoms with Crippen LogP contribution < -0.4 is 0 Å². The zero-order chi connectivity index (χ0) is 8.97. The molecule has 0 N–H and O–H groups in total. The average Bonchev–Trinajstić information content (AvgIpc) is 2.86. The van der Waals surface area contributed by atoms with E-state index in [1.165, 1.54) is 12.8 Å². The summed E-state index contributed by atoms with van der Waals surface area (Å²) in [5, 5.41) is 0. The highest BCUT2D eigenvalue weighted by molar-refractivity contribution is 5.82. The maximum atomic E-state index is 11.4. The number of methoxy groups -OCH3 is 1. The van der Waals surface area contributed by atoms with E-state index in [0.29, 0.717) is 0 Å². The molecular weight excluding hydrogens is 152 g/mol. The van der Waals surface area contributed by atoms with E-state index in [4.69, 9.17) is 4.74 Å². The van der Waals surface area contributed by atoms with Crippen molar-refractivity contribution in [2.45, 2.75) is 45.1 Å². The Morgan fingerprint density at radius 1 is 1.58 bits per heavy atom. The Balaban J connectivity index is 2.15. The van der Waals surface area contributed by atoms with Gasteiger partial charge in [-0.3, -0.25) is 4.79 Å². The van der Waals surface area contributed by atoms with Crippen LogP contribution in [0.5, 0.6) is 0 Å². The summed E-state index contributed by atoms with van der Waals surface area (Å²) in [4.78, 5) is 11.4. The van der Waals surface area contributed by atoms with Crippen LogP contribution in [0.3, 0.4) is 0 Å². The molecule has 1 rings (SSSR count). The molecule has 70 valence electrons. The minimum Gasteiger partial charge on any atom is -0.374 e. The minimum atomic E-state index is -0.149. The molecule has 1 atom stereocenters. The van der Waals surface area contributed by atoms with Crippen LogP contribution in [0.4, 0.5) is 0 Å². The molecule has 1 fully saturated rings. The van der Waals surface area contributed by atoms with Gasteiger partial charge in [0.1, 0.15) is 6.10 Å². The first-order chi connectivity index (χ1) is 5.77. The second-order valence-corrected chi connectivity index (χ2v) is 3.58. The molecule has 0 heterocycles. The largest absolute Gasteiger partial charge is 0.374 e. The van der Waals surface area contributed by atoms with E-state index in [1.807, 2.05) is 6.92 Å². The lowest BCUT2D eigenvalue weighted by Crippen LogP contribution is -2.21. The molecule has 1 aliphatic rings. The van der Waals surface area contributed by atoms with Gasteiger partial charge >= 0.3 is 0 Å². The van der Waals surface area contributed by atoms with Gasteiger partial charge in [0.05, 0.1) is 0 Å². The van der Waals surface area contributed by atoms with E-state index >= 15 is 0 Å². The molecule has 0 spiro atoms. The quantitative estimate of drug-likeness (QED) is 0.610. The summed E-state index contributed by atoms with van der Waals surface area (Å²) >= 11 is 0. The van der Waals surface area contributed by atoms with E-state index in [2.05, 4.69) is 0 Å². The van der Waals surface area contributed by atoms with Crippen molar-refractivity contribution in [3.05, 3.63) is 0 Å². The lowest BCUT2D eigenvalue weighted by molar-refractivity contribution is -0.129. The number of ketones is 1. The maximum absolute atomic E-state index is 11.4. The summed E-state index contributed by atoms with van der Waals surface area (Å²) in [7, 11) is 1.61. The van der Waals surface area contributed by atoms with E-state index < -0.39 is 0 Å². The van der Waals surface area contributed by atoms with Crippen LogP contribution in [0.1, 0.15) is 39.0 Å². The summed E-state index contributed by atoms with van der Waals surface area (Å²) in [5.74, 6) is 1.13. The highest BCUT2D eigenvalue weighted by atomic mass is 16.5. The van der Waals surface area contributed by atoms with Crippen LogP contribution in [-0.2, 0) is 9.53 Å². The normalized spacial score (nSPS) is 19.2. The molecular formula is C10H18O2. The zero-order valence-corrected chi connectivity index (χ0v) is 8.01. The molecule has 1 aliphatic carbocycles. The second kappa shape index (κ2) is 4.61. The first-order valence-electron chi connectivity index (χ1n) is 4.83. The fourth-order valence-corrected chi connectivity index (χ4v) is 1.44. The molecule has 0 amide bonds. The molecule has 0 bridgehead atoms. The summed E-state index contributed by atoms with van der Waals surface area (Å²) in [6, 6.07) is 0. The molecule has 1 saturated carbocycles. The van der Waals surface area contributed by atoms with Crippen molar-refractivity contribution in [3.8, 4) is 0 Å². The Kier molecular flexibility index (Phi) is 3.73. The molecule has 0 saturated heterocycles. The number of carbonyl (C=O) groups excluding carboxylic acids is 1. The van der Waals surface area contributed by atoms with Gasteiger partial charge in [-0.1, -0.05) is 19.8 Å². The third-order valence-corrected chi connectivity index (χ3v) is 2.51. The van der Waals surface area contributed by atoms with Crippen LogP contribution in [0, 0.1) is 5.92 Å². The van der Waals surface area contributed by atoms with Crippen molar-refractivity contribution in [1.29, 1.82) is 0 Å². The monoisotopic (exact) mass is 170 g/mol. The second-order valence-electron chi connectivity index (χ2n) is 3.58. The van der Waals surface area contributed by atoms with Gasteiger partial charge in [0.25, 0.3) is 0 Å². The van der Waals surface area contributed by atoms with Gasteiger partial charge in [0.2, 0.25) is 0 Å². The van der Waals surface area contributed by atoms with Gasteiger partial charge in [0, 0.05) is 13.5 Å². The van der Waals surface area contributed by atoms with Crippen LogP contribution in [0.15, 0.2) is 0 Å². The predicted molar refractivity (Wildman–Crippen MR) is 48.1 cm³/mol. The fraction of sp³-hybridized carbons (Fsp3) is 0.900. The van der Waals surface area contributed by atoms with E-state index in [1.54, 1.807) is 7.11 Å². The Morgan fingerprint density at radius 3 is 2.67 bits per heavy atom. The van der Waals surface area contributed by atoms with Gasteiger partial charge in [-0.05, 0) is 18.8 Å². The van der Waals surface area contributed by atoms with Crippen molar-refractivity contribution in [2.75, 3.05) is 7.11 Å². The summed E-state index contributed by atoms with van der Waals surface area (Å²) < 4.78 is 5.06. The minimum absolute atomic E-state index is 0.149. The van der Waals surface area contributed by atoms with Crippen LogP contribution >= 0.6 is 0 Å². The Morgan fingerprint density at radius 2 is 2.25 bits per heavy atom. The smallest absolute Gasteiger partial charge is 0.161 e. The number of hydrogen-bond acceptors (Lipinski definition) is 2. The van der Waals surface area contributed by atoms with Gasteiger partial charge in [-0.15, -0.1) is 0 Å². The van der Waals surface area contributed by atoms with Gasteiger partial charge < -0.3 is 4.74 Å². The number of rotatable bonds is 6. The molecule has 2 heteroatoms. The molecule has 0 aromatic heterocycles. The third-order valence-electron chi connectivity index (χ3n) is 2.51. The molecule has 0 aromatic rings. The van der Waals surface area contributed by atoms with Crippen LogP contribution in [-0.4, -0.2) is 19.0 Å². The van der Waals surface area contributed by atoms with Gasteiger partial charge in [-0.2, -0.15) is 0 Å². The molecule has 2 nitrogen and oxygen atoms in total. The van der Waals surface area contributed by atoms with Crippen molar-refractivity contribution in [1.82, 2.24) is 0 Å². The Labute approximate surface area is 74.3 Å². The summed E-state index contributed by atoms with van der Waals surface area (Å²) in [6.45, 7) is 1.99. The maximum Gasteiger partial charge on any atom is 0.161 e. The summed E-state index contributed by atoms with van der Waals surface area (Å²) in [6.07, 6.45) is 5.12. The Hall–Kier alpha value is -0.370. The number of Topliss-reactive ketones (excluding diaryl/α,β-unsaturated/α-hetero) is 1. The average molecular weight is 170 g/mol. The van der Waals surface area contributed by atoms with Crippen LogP contribution in [0.25, 0.3) is 0 Å². The van der Waals surface area contributed by atoms with E-state index in [0.717, 1.165) is 25.2 Å². The highest BCUT2D eigenvalue weighted by Crippen LogP contribution is 2.33. The zero-order valence-electron chi connectivity index (χ0n) is 8.01. The standard InChI is InChI=1S/C10H18O2/c1-3-10(12-2)9(11)7-6-8-4-5-8/h8,10H,3-7H2,1-2H3. The molecule has 0 aromatic carbocycles. The van der Waals surface area contributed by atoms with Crippen molar-refractivity contribution >= 4 is 5.78 Å². The SMILES string of the molecule is CCC(OC)C(=O)CCC1CC1. The molecule has 12 heavy (non-hydrogen) atoms. The topological polar surface area (TPSA) is 26.3 Å². The Bertz CT molecular complexity index is 146. The molecule has 0 radical (unpaired) electrons. The lowest BCUT2D eigenvalue weighted by Gasteiger charge is -2.10. The third kappa shape index (κ3) is 2.94. The van der Waals surface area contributed by atoms with Crippen molar-refractivity contribution < 1.29 is 9.53 Å².